The molecule has 1 aliphatic rings. The Morgan fingerprint density at radius 1 is 1.54 bits per heavy atom. The maximum atomic E-state index is 12.9. The van der Waals surface area contributed by atoms with Crippen LogP contribution in [0.4, 0.5) is 4.39 Å². The average molecular weight is 180 g/mol. The highest BCUT2D eigenvalue weighted by Gasteiger charge is 2.18. The lowest BCUT2D eigenvalue weighted by Crippen LogP contribution is -2.32. The van der Waals surface area contributed by atoms with Crippen molar-refractivity contribution in [2.24, 2.45) is 5.73 Å². The van der Waals surface area contributed by atoms with Crippen molar-refractivity contribution in [3.05, 3.63) is 35.1 Å². The van der Waals surface area contributed by atoms with E-state index < -0.39 is 0 Å². The lowest BCUT2D eigenvalue weighted by atomic mass is 9.91. The number of benzene rings is 1. The molecule has 0 saturated heterocycles. The number of hydrogen-bond donors (Lipinski definition) is 2. The minimum Gasteiger partial charge on any atom is -0.330 e. The van der Waals surface area contributed by atoms with Gasteiger partial charge in [0.25, 0.3) is 0 Å². The topological polar surface area (TPSA) is 38.0 Å². The highest BCUT2D eigenvalue weighted by Crippen LogP contribution is 2.23. The maximum Gasteiger partial charge on any atom is 0.123 e. The van der Waals surface area contributed by atoms with E-state index in [1.807, 2.05) is 6.07 Å². The van der Waals surface area contributed by atoms with Gasteiger partial charge in [0.05, 0.1) is 0 Å². The van der Waals surface area contributed by atoms with Crippen LogP contribution in [0.2, 0.25) is 0 Å². The van der Waals surface area contributed by atoms with Crippen LogP contribution in [0.15, 0.2) is 18.2 Å². The first-order valence-corrected chi connectivity index (χ1v) is 4.50. The largest absolute Gasteiger partial charge is 0.330 e. The Labute approximate surface area is 76.9 Å². The van der Waals surface area contributed by atoms with E-state index in [0.717, 1.165) is 18.7 Å². The van der Waals surface area contributed by atoms with Crippen LogP contribution in [0.5, 0.6) is 0 Å². The summed E-state index contributed by atoms with van der Waals surface area (Å²) in [5.74, 6) is 0.169. The second kappa shape index (κ2) is 3.44. The van der Waals surface area contributed by atoms with Crippen LogP contribution in [-0.4, -0.2) is 13.1 Å². The molecule has 0 bridgehead atoms. The van der Waals surface area contributed by atoms with Crippen LogP contribution in [0.25, 0.3) is 0 Å². The molecule has 0 fully saturated rings. The number of hydrogen-bond acceptors (Lipinski definition) is 2. The van der Waals surface area contributed by atoms with Crippen molar-refractivity contribution in [3.63, 3.8) is 0 Å². The highest BCUT2D eigenvalue weighted by molar-refractivity contribution is 5.33. The molecule has 0 spiro atoms. The van der Waals surface area contributed by atoms with E-state index in [4.69, 9.17) is 5.73 Å². The van der Waals surface area contributed by atoms with Gasteiger partial charge >= 0.3 is 0 Å². The van der Waals surface area contributed by atoms with Gasteiger partial charge in [-0.1, -0.05) is 6.07 Å². The number of fused-ring (bicyclic) bond motifs is 1. The smallest absolute Gasteiger partial charge is 0.123 e. The van der Waals surface area contributed by atoms with Crippen molar-refractivity contribution in [1.29, 1.82) is 0 Å². The molecule has 2 nitrogen and oxygen atoms in total. The summed E-state index contributed by atoms with van der Waals surface area (Å²) in [5.41, 5.74) is 7.86. The lowest BCUT2D eigenvalue weighted by molar-refractivity contribution is 0.540. The monoisotopic (exact) mass is 180 g/mol. The zero-order valence-electron chi connectivity index (χ0n) is 7.39. The third-order valence-electron chi connectivity index (χ3n) is 2.54. The summed E-state index contributed by atoms with van der Waals surface area (Å²) < 4.78 is 12.9. The highest BCUT2D eigenvalue weighted by atomic mass is 19.1. The van der Waals surface area contributed by atoms with Crippen LogP contribution >= 0.6 is 0 Å². The minimum absolute atomic E-state index is 0.168. The second-order valence-corrected chi connectivity index (χ2v) is 3.41. The molecule has 1 atom stereocenters. The fourth-order valence-corrected chi connectivity index (χ4v) is 1.83. The van der Waals surface area contributed by atoms with Crippen LogP contribution in [-0.2, 0) is 6.54 Å². The fourth-order valence-electron chi connectivity index (χ4n) is 1.83. The fraction of sp³-hybridized carbons (Fsp3) is 0.400. The first-order valence-electron chi connectivity index (χ1n) is 4.50. The van der Waals surface area contributed by atoms with Crippen molar-refractivity contribution in [2.45, 2.75) is 12.5 Å². The maximum absolute atomic E-state index is 12.9. The summed E-state index contributed by atoms with van der Waals surface area (Å²) in [4.78, 5) is 0. The van der Waals surface area contributed by atoms with E-state index in [1.54, 1.807) is 6.07 Å². The van der Waals surface area contributed by atoms with Gasteiger partial charge in [0.15, 0.2) is 0 Å². The molecule has 2 rings (SSSR count). The summed E-state index contributed by atoms with van der Waals surface area (Å²) in [5, 5.41) is 3.22. The molecule has 0 saturated carbocycles. The van der Waals surface area contributed by atoms with Crippen molar-refractivity contribution in [2.75, 3.05) is 13.1 Å². The lowest BCUT2D eigenvalue weighted by Gasteiger charge is -2.25. The molecule has 0 aromatic heterocycles. The van der Waals surface area contributed by atoms with Crippen molar-refractivity contribution in [1.82, 2.24) is 5.32 Å². The summed E-state index contributed by atoms with van der Waals surface area (Å²) in [6.07, 6.45) is 0. The molecule has 0 amide bonds. The van der Waals surface area contributed by atoms with E-state index >= 15 is 0 Å². The van der Waals surface area contributed by atoms with Crippen LogP contribution in [0.1, 0.15) is 17.0 Å². The number of halogens is 1. The van der Waals surface area contributed by atoms with Gasteiger partial charge in [-0.2, -0.15) is 0 Å². The van der Waals surface area contributed by atoms with Gasteiger partial charge in [-0.15, -0.1) is 0 Å². The van der Waals surface area contributed by atoms with Gasteiger partial charge < -0.3 is 11.1 Å². The molecule has 3 N–H and O–H groups in total. The zero-order valence-corrected chi connectivity index (χ0v) is 7.39. The van der Waals surface area contributed by atoms with E-state index in [9.17, 15) is 4.39 Å². The molecule has 3 heteroatoms. The molecule has 0 aliphatic carbocycles. The Hall–Kier alpha value is -0.930. The van der Waals surface area contributed by atoms with Gasteiger partial charge in [0, 0.05) is 25.6 Å². The molecular formula is C10H13FN2. The predicted octanol–water partition coefficient (Wildman–Crippen LogP) is 0.971. The third kappa shape index (κ3) is 1.57. The SMILES string of the molecule is NCC1CNCc2cc(F)ccc21. The Morgan fingerprint density at radius 2 is 2.38 bits per heavy atom. The standard InChI is InChI=1S/C10H13FN2/c11-9-1-2-10-7(3-9)5-13-6-8(10)4-12/h1-3,8,13H,4-6,12H2. The molecule has 0 radical (unpaired) electrons. The van der Waals surface area contributed by atoms with Crippen molar-refractivity contribution >= 4 is 0 Å². The van der Waals surface area contributed by atoms with E-state index in [-0.39, 0.29) is 5.82 Å². The van der Waals surface area contributed by atoms with E-state index in [1.165, 1.54) is 11.6 Å². The first kappa shape index (κ1) is 8.66. The first-order chi connectivity index (χ1) is 6.31. The Bertz CT molecular complexity index is 312. The molecule has 1 heterocycles. The van der Waals surface area contributed by atoms with Gasteiger partial charge in [-0.3, -0.25) is 0 Å². The molecule has 1 aliphatic heterocycles. The van der Waals surface area contributed by atoms with Crippen molar-refractivity contribution < 1.29 is 4.39 Å². The summed E-state index contributed by atoms with van der Waals surface area (Å²) in [6.45, 7) is 2.27. The summed E-state index contributed by atoms with van der Waals surface area (Å²) in [7, 11) is 0. The molecule has 70 valence electrons. The van der Waals surface area contributed by atoms with Gasteiger partial charge in [0.2, 0.25) is 0 Å². The molecular weight excluding hydrogens is 167 g/mol. The van der Waals surface area contributed by atoms with Gasteiger partial charge in [-0.05, 0) is 23.3 Å². The Balaban J connectivity index is 2.40. The molecule has 1 aromatic rings. The Morgan fingerprint density at radius 3 is 3.15 bits per heavy atom. The van der Waals surface area contributed by atoms with E-state index in [2.05, 4.69) is 5.32 Å². The number of nitrogens with one attached hydrogen (secondary N) is 1. The normalized spacial score (nSPS) is 21.2. The Kier molecular flexibility index (Phi) is 2.29. The minimum atomic E-state index is -0.168. The van der Waals surface area contributed by atoms with Gasteiger partial charge in [0.1, 0.15) is 5.82 Å². The van der Waals surface area contributed by atoms with Gasteiger partial charge in [-0.25, -0.2) is 4.39 Å². The second-order valence-electron chi connectivity index (χ2n) is 3.41. The van der Waals surface area contributed by atoms with E-state index in [0.29, 0.717) is 12.5 Å². The van der Waals surface area contributed by atoms with Crippen LogP contribution < -0.4 is 11.1 Å². The quantitative estimate of drug-likeness (QED) is 0.676. The average Bonchev–Trinajstić information content (AvgIpc) is 2.16. The third-order valence-corrected chi connectivity index (χ3v) is 2.54. The summed E-state index contributed by atoms with van der Waals surface area (Å²) in [6, 6.07) is 4.94. The molecule has 1 unspecified atom stereocenters. The predicted molar refractivity (Wildman–Crippen MR) is 49.9 cm³/mol. The number of nitrogens with two attached hydrogens (primary N) is 1. The van der Waals surface area contributed by atoms with Crippen molar-refractivity contribution in [3.8, 4) is 0 Å². The molecule has 1 aromatic carbocycles. The van der Waals surface area contributed by atoms with Crippen LogP contribution in [0.3, 0.4) is 0 Å². The number of rotatable bonds is 1. The molecule has 13 heavy (non-hydrogen) atoms. The summed E-state index contributed by atoms with van der Waals surface area (Å²) >= 11 is 0. The zero-order chi connectivity index (χ0) is 9.26. The van der Waals surface area contributed by atoms with Crippen LogP contribution in [0, 0.1) is 5.82 Å².